The molecule has 0 radical (unpaired) electrons. The Bertz CT molecular complexity index is 294. The molecule has 1 saturated carbocycles. The van der Waals surface area contributed by atoms with E-state index in [2.05, 4.69) is 9.47 Å². The van der Waals surface area contributed by atoms with E-state index < -0.39 is 36.7 Å². The Hall–Kier alpha value is -0.580. The van der Waals surface area contributed by atoms with Gasteiger partial charge in [-0.05, 0) is 6.42 Å². The molecule has 0 saturated heterocycles. The maximum Gasteiger partial charge on any atom is 0.423 e. The van der Waals surface area contributed by atoms with E-state index in [1.54, 1.807) is 0 Å². The normalized spacial score (nSPS) is 27.8. The molecule has 1 rings (SSSR count). The Morgan fingerprint density at radius 2 is 1.65 bits per heavy atom. The average molecular weight is 311 g/mol. The van der Waals surface area contributed by atoms with Crippen molar-refractivity contribution in [3.05, 3.63) is 0 Å². The zero-order chi connectivity index (χ0) is 15.6. The molecule has 0 bridgehead atoms. The lowest BCUT2D eigenvalue weighted by Crippen LogP contribution is -2.61. The molecular weight excluding hydrogens is 296 g/mol. The molecule has 0 aromatic rings. The number of nitrogens with two attached hydrogens (primary N) is 1. The molecule has 0 aromatic carbocycles. The molecular formula is C10H15F6NO3. The highest BCUT2D eigenvalue weighted by atomic mass is 19.4. The first-order chi connectivity index (χ1) is 9.07. The predicted molar refractivity (Wildman–Crippen MR) is 55.0 cm³/mol. The fourth-order valence-electron chi connectivity index (χ4n) is 1.76. The van der Waals surface area contributed by atoms with Gasteiger partial charge in [0.25, 0.3) is 0 Å². The minimum absolute atomic E-state index is 0.0113. The molecule has 0 aliphatic heterocycles. The lowest BCUT2D eigenvalue weighted by Gasteiger charge is -2.43. The maximum atomic E-state index is 12.3. The van der Waals surface area contributed by atoms with Crippen LogP contribution >= 0.6 is 0 Å². The molecule has 3 unspecified atom stereocenters. The van der Waals surface area contributed by atoms with Crippen LogP contribution in [0.25, 0.3) is 0 Å². The largest absolute Gasteiger partial charge is 0.423 e. The van der Waals surface area contributed by atoms with Crippen LogP contribution in [0.2, 0.25) is 0 Å². The summed E-state index contributed by atoms with van der Waals surface area (Å²) in [6, 6.07) is -0.654. The Morgan fingerprint density at radius 1 is 1.10 bits per heavy atom. The first-order valence-electron chi connectivity index (χ1n) is 5.72. The Kier molecular flexibility index (Phi) is 5.64. The summed E-state index contributed by atoms with van der Waals surface area (Å²) in [5.41, 5.74) is 5.48. The third kappa shape index (κ3) is 4.47. The summed E-state index contributed by atoms with van der Waals surface area (Å²) >= 11 is 0. The molecule has 0 amide bonds. The summed E-state index contributed by atoms with van der Waals surface area (Å²) < 4.78 is 87.8. The Morgan fingerprint density at radius 3 is 2.05 bits per heavy atom. The summed E-state index contributed by atoms with van der Waals surface area (Å²) in [6.07, 6.45) is -17.4. The van der Waals surface area contributed by atoms with Gasteiger partial charge in [-0.25, -0.2) is 0 Å². The zero-order valence-electron chi connectivity index (χ0n) is 10.5. The van der Waals surface area contributed by atoms with Gasteiger partial charge in [0, 0.05) is 13.2 Å². The zero-order valence-corrected chi connectivity index (χ0v) is 10.5. The third-order valence-corrected chi connectivity index (χ3v) is 2.80. The topological polar surface area (TPSA) is 53.7 Å². The van der Waals surface area contributed by atoms with E-state index >= 15 is 0 Å². The van der Waals surface area contributed by atoms with Crippen molar-refractivity contribution >= 4 is 0 Å². The smallest absolute Gasteiger partial charge is 0.382 e. The minimum atomic E-state index is -5.53. The van der Waals surface area contributed by atoms with Crippen LogP contribution in [0.1, 0.15) is 6.42 Å². The van der Waals surface area contributed by atoms with Crippen LogP contribution in [-0.2, 0) is 14.2 Å². The lowest BCUT2D eigenvalue weighted by atomic mass is 9.86. The van der Waals surface area contributed by atoms with Gasteiger partial charge in [0.15, 0.2) is 0 Å². The molecule has 3 atom stereocenters. The van der Waals surface area contributed by atoms with Gasteiger partial charge in [-0.3, -0.25) is 0 Å². The van der Waals surface area contributed by atoms with Crippen LogP contribution in [-0.4, -0.2) is 57.0 Å². The summed E-state index contributed by atoms with van der Waals surface area (Å²) in [6.45, 7) is 0.162. The van der Waals surface area contributed by atoms with E-state index in [1.165, 1.54) is 7.11 Å². The van der Waals surface area contributed by atoms with Crippen molar-refractivity contribution in [2.24, 2.45) is 5.73 Å². The molecule has 120 valence electrons. The van der Waals surface area contributed by atoms with E-state index in [0.717, 1.165) is 0 Å². The predicted octanol–water partition coefficient (Wildman–Crippen LogP) is 1.63. The second-order valence-corrected chi connectivity index (χ2v) is 4.37. The van der Waals surface area contributed by atoms with Crippen LogP contribution in [0.4, 0.5) is 26.3 Å². The highest BCUT2D eigenvalue weighted by molar-refractivity contribution is 4.96. The highest BCUT2D eigenvalue weighted by Gasteiger charge is 2.60. The van der Waals surface area contributed by atoms with Crippen molar-refractivity contribution in [1.29, 1.82) is 0 Å². The number of rotatable bonds is 6. The summed E-state index contributed by atoms with van der Waals surface area (Å²) in [4.78, 5) is 0. The number of halogens is 6. The Labute approximate surface area is 111 Å². The standard InChI is InChI=1S/C10H15F6NO3/c1-18-2-3-19-7-5(17)4-6(7)20-8(9(11,12)13)10(14,15)16/h5-8H,2-4,17H2,1H3. The van der Waals surface area contributed by atoms with E-state index in [1.807, 2.05) is 0 Å². The number of hydrogen-bond donors (Lipinski definition) is 1. The third-order valence-electron chi connectivity index (χ3n) is 2.80. The van der Waals surface area contributed by atoms with E-state index in [-0.39, 0.29) is 19.6 Å². The van der Waals surface area contributed by atoms with E-state index in [4.69, 9.17) is 10.5 Å². The average Bonchev–Trinajstić information content (AvgIpc) is 2.26. The number of alkyl halides is 6. The molecule has 20 heavy (non-hydrogen) atoms. The van der Waals surface area contributed by atoms with Gasteiger partial charge in [-0.2, -0.15) is 26.3 Å². The fourth-order valence-corrected chi connectivity index (χ4v) is 1.76. The maximum absolute atomic E-state index is 12.3. The minimum Gasteiger partial charge on any atom is -0.382 e. The second-order valence-electron chi connectivity index (χ2n) is 4.37. The molecule has 4 nitrogen and oxygen atoms in total. The molecule has 2 N–H and O–H groups in total. The molecule has 1 aliphatic carbocycles. The fraction of sp³-hybridized carbons (Fsp3) is 1.00. The van der Waals surface area contributed by atoms with Crippen molar-refractivity contribution in [3.8, 4) is 0 Å². The van der Waals surface area contributed by atoms with Crippen LogP contribution in [0, 0.1) is 0 Å². The van der Waals surface area contributed by atoms with Gasteiger partial charge in [0.2, 0.25) is 6.10 Å². The van der Waals surface area contributed by atoms with Gasteiger partial charge >= 0.3 is 12.4 Å². The summed E-state index contributed by atoms with van der Waals surface area (Å²) in [5.74, 6) is 0. The SMILES string of the molecule is COCCOC1C(N)CC1OC(C(F)(F)F)C(F)(F)F. The van der Waals surface area contributed by atoms with Gasteiger partial charge in [0.05, 0.1) is 25.4 Å². The number of ether oxygens (including phenoxy) is 3. The summed E-state index contributed by atoms with van der Waals surface area (Å²) in [7, 11) is 1.38. The van der Waals surface area contributed by atoms with Crippen LogP contribution in [0.3, 0.4) is 0 Å². The van der Waals surface area contributed by atoms with Gasteiger partial charge in [0.1, 0.15) is 0 Å². The molecule has 0 heterocycles. The second kappa shape index (κ2) is 6.46. The van der Waals surface area contributed by atoms with E-state index in [0.29, 0.717) is 0 Å². The van der Waals surface area contributed by atoms with Gasteiger partial charge in [-0.1, -0.05) is 0 Å². The van der Waals surface area contributed by atoms with Crippen molar-refractivity contribution in [1.82, 2.24) is 0 Å². The Balaban J connectivity index is 2.60. The molecule has 0 aromatic heterocycles. The summed E-state index contributed by atoms with van der Waals surface area (Å²) in [5, 5.41) is 0. The first kappa shape index (κ1) is 17.5. The number of hydrogen-bond acceptors (Lipinski definition) is 4. The van der Waals surface area contributed by atoms with Crippen LogP contribution in [0.5, 0.6) is 0 Å². The lowest BCUT2D eigenvalue weighted by molar-refractivity contribution is -0.344. The van der Waals surface area contributed by atoms with Crippen LogP contribution in [0.15, 0.2) is 0 Å². The monoisotopic (exact) mass is 311 g/mol. The quantitative estimate of drug-likeness (QED) is 0.598. The van der Waals surface area contributed by atoms with Gasteiger partial charge < -0.3 is 19.9 Å². The molecule has 0 spiro atoms. The van der Waals surface area contributed by atoms with Gasteiger partial charge in [-0.15, -0.1) is 0 Å². The molecule has 1 aliphatic rings. The van der Waals surface area contributed by atoms with Crippen LogP contribution < -0.4 is 5.73 Å². The number of methoxy groups -OCH3 is 1. The van der Waals surface area contributed by atoms with Crippen molar-refractivity contribution in [3.63, 3.8) is 0 Å². The molecule has 1 fully saturated rings. The first-order valence-corrected chi connectivity index (χ1v) is 5.72. The van der Waals surface area contributed by atoms with Crippen molar-refractivity contribution in [2.75, 3.05) is 20.3 Å². The molecule has 10 heteroatoms. The van der Waals surface area contributed by atoms with E-state index in [9.17, 15) is 26.3 Å². The highest BCUT2D eigenvalue weighted by Crippen LogP contribution is 2.39. The van der Waals surface area contributed by atoms with Crippen molar-refractivity contribution < 1.29 is 40.6 Å². The van der Waals surface area contributed by atoms with Crippen molar-refractivity contribution in [2.45, 2.75) is 43.1 Å².